The zero-order valence-electron chi connectivity index (χ0n) is 12.2. The molecular weight excluding hydrogens is 254 g/mol. The van der Waals surface area contributed by atoms with Crippen molar-refractivity contribution in [2.75, 3.05) is 12.9 Å². The Labute approximate surface area is 121 Å². The van der Waals surface area contributed by atoms with Crippen LogP contribution in [0.1, 0.15) is 44.7 Å². The molecule has 1 saturated carbocycles. The van der Waals surface area contributed by atoms with Gasteiger partial charge in [0.05, 0.1) is 6.61 Å². The molecule has 2 nitrogen and oxygen atoms in total. The fourth-order valence-corrected chi connectivity index (χ4v) is 3.88. The fraction of sp³-hybridized carbons (Fsp3) is 0.625. The molecule has 1 aromatic carbocycles. The van der Waals surface area contributed by atoms with Gasteiger partial charge in [-0.2, -0.15) is 11.8 Å². The zero-order chi connectivity index (χ0) is 13.7. The summed E-state index contributed by atoms with van der Waals surface area (Å²) < 4.78 is 5.73. The first kappa shape index (κ1) is 14.7. The molecule has 106 valence electrons. The summed E-state index contributed by atoms with van der Waals surface area (Å²) in [7, 11) is 0. The molecule has 1 fully saturated rings. The van der Waals surface area contributed by atoms with Gasteiger partial charge in [0, 0.05) is 22.9 Å². The van der Waals surface area contributed by atoms with E-state index in [-0.39, 0.29) is 0 Å². The van der Waals surface area contributed by atoms with Gasteiger partial charge in [-0.05, 0) is 39.0 Å². The molecule has 3 atom stereocenters. The van der Waals surface area contributed by atoms with Gasteiger partial charge in [0.15, 0.2) is 0 Å². The third-order valence-corrected chi connectivity index (χ3v) is 5.07. The van der Waals surface area contributed by atoms with Gasteiger partial charge in [-0.25, -0.2) is 0 Å². The molecule has 0 heterocycles. The predicted octanol–water partition coefficient (Wildman–Crippen LogP) is 4.02. The van der Waals surface area contributed by atoms with Gasteiger partial charge >= 0.3 is 0 Å². The first-order valence-electron chi connectivity index (χ1n) is 7.26. The highest BCUT2D eigenvalue weighted by Gasteiger charge is 2.28. The lowest BCUT2D eigenvalue weighted by Gasteiger charge is -2.25. The number of hydrogen-bond acceptors (Lipinski definition) is 3. The minimum absolute atomic E-state index is 0.348. The summed E-state index contributed by atoms with van der Waals surface area (Å²) in [5, 5.41) is 4.56. The van der Waals surface area contributed by atoms with E-state index < -0.39 is 0 Å². The Morgan fingerprint density at radius 2 is 2.16 bits per heavy atom. The Bertz CT molecular complexity index is 396. The van der Waals surface area contributed by atoms with E-state index in [0.717, 1.165) is 17.6 Å². The van der Waals surface area contributed by atoms with Crippen molar-refractivity contribution >= 4 is 11.8 Å². The number of nitrogens with one attached hydrogen (secondary N) is 1. The number of thioether (sulfide) groups is 1. The van der Waals surface area contributed by atoms with Gasteiger partial charge in [0.2, 0.25) is 0 Å². The van der Waals surface area contributed by atoms with Crippen molar-refractivity contribution in [3.05, 3.63) is 29.8 Å². The van der Waals surface area contributed by atoms with E-state index in [9.17, 15) is 0 Å². The highest BCUT2D eigenvalue weighted by atomic mass is 32.2. The second-order valence-electron chi connectivity index (χ2n) is 5.17. The van der Waals surface area contributed by atoms with Crippen LogP contribution in [0.25, 0.3) is 0 Å². The monoisotopic (exact) mass is 279 g/mol. The largest absolute Gasteiger partial charge is 0.494 e. The molecule has 0 bridgehead atoms. The Kier molecular flexibility index (Phi) is 5.59. The molecule has 19 heavy (non-hydrogen) atoms. The van der Waals surface area contributed by atoms with Gasteiger partial charge in [0.25, 0.3) is 0 Å². The van der Waals surface area contributed by atoms with Gasteiger partial charge in [-0.1, -0.05) is 24.6 Å². The smallest absolute Gasteiger partial charge is 0.124 e. The van der Waals surface area contributed by atoms with Crippen molar-refractivity contribution in [2.24, 2.45) is 0 Å². The Hall–Kier alpha value is -0.670. The molecule has 0 spiro atoms. The maximum absolute atomic E-state index is 5.73. The summed E-state index contributed by atoms with van der Waals surface area (Å²) in [6.45, 7) is 5.00. The first-order chi connectivity index (χ1) is 9.26. The zero-order valence-corrected chi connectivity index (χ0v) is 13.0. The molecule has 1 aliphatic carbocycles. The molecule has 1 aliphatic rings. The average molecular weight is 279 g/mol. The quantitative estimate of drug-likeness (QED) is 0.850. The van der Waals surface area contributed by atoms with Crippen molar-refractivity contribution in [1.29, 1.82) is 0 Å². The van der Waals surface area contributed by atoms with Crippen LogP contribution in [0.3, 0.4) is 0 Å². The third-order valence-electron chi connectivity index (χ3n) is 3.90. The summed E-state index contributed by atoms with van der Waals surface area (Å²) >= 11 is 2.00. The van der Waals surface area contributed by atoms with Crippen molar-refractivity contribution < 1.29 is 4.74 Å². The molecule has 2 rings (SSSR count). The summed E-state index contributed by atoms with van der Waals surface area (Å²) in [6.07, 6.45) is 6.22. The van der Waals surface area contributed by atoms with E-state index in [1.807, 2.05) is 24.8 Å². The predicted molar refractivity (Wildman–Crippen MR) is 84.1 cm³/mol. The van der Waals surface area contributed by atoms with Crippen LogP contribution in [0.4, 0.5) is 0 Å². The standard InChI is InChI=1S/C16H25NOS/c1-4-18-15-10-6-5-8-13(15)12(2)17-14-9-7-11-16(14)19-3/h5-6,8,10,12,14,16-17H,4,7,9,11H2,1-3H3. The molecule has 0 aliphatic heterocycles. The number of hydrogen-bond donors (Lipinski definition) is 1. The normalized spacial score (nSPS) is 24.4. The lowest BCUT2D eigenvalue weighted by Crippen LogP contribution is -2.36. The number of ether oxygens (including phenoxy) is 1. The number of rotatable bonds is 6. The van der Waals surface area contributed by atoms with Gasteiger partial charge in [-0.15, -0.1) is 0 Å². The van der Waals surface area contributed by atoms with Gasteiger partial charge < -0.3 is 10.1 Å². The molecular formula is C16H25NOS. The molecule has 0 radical (unpaired) electrons. The van der Waals surface area contributed by atoms with Gasteiger partial charge in [0.1, 0.15) is 5.75 Å². The molecule has 1 aromatic rings. The molecule has 3 unspecified atom stereocenters. The maximum Gasteiger partial charge on any atom is 0.124 e. The SMILES string of the molecule is CCOc1ccccc1C(C)NC1CCCC1SC. The van der Waals surface area contributed by atoms with Crippen LogP contribution in [0.2, 0.25) is 0 Å². The Morgan fingerprint density at radius 3 is 2.89 bits per heavy atom. The second-order valence-corrected chi connectivity index (χ2v) is 6.25. The average Bonchev–Trinajstić information content (AvgIpc) is 2.87. The van der Waals surface area contributed by atoms with E-state index >= 15 is 0 Å². The van der Waals surface area contributed by atoms with Crippen LogP contribution in [-0.2, 0) is 0 Å². The summed E-state index contributed by atoms with van der Waals surface area (Å²) in [4.78, 5) is 0. The van der Waals surface area contributed by atoms with Crippen molar-refractivity contribution in [2.45, 2.75) is 50.4 Å². The van der Waals surface area contributed by atoms with Crippen LogP contribution in [0.15, 0.2) is 24.3 Å². The first-order valence-corrected chi connectivity index (χ1v) is 8.55. The number of para-hydroxylation sites is 1. The van der Waals surface area contributed by atoms with E-state index in [1.165, 1.54) is 24.8 Å². The highest BCUT2D eigenvalue weighted by molar-refractivity contribution is 7.99. The van der Waals surface area contributed by atoms with Crippen molar-refractivity contribution in [1.82, 2.24) is 5.32 Å². The summed E-state index contributed by atoms with van der Waals surface area (Å²) in [6, 6.07) is 9.36. The van der Waals surface area contributed by atoms with Crippen LogP contribution >= 0.6 is 11.8 Å². The maximum atomic E-state index is 5.73. The summed E-state index contributed by atoms with van der Waals surface area (Å²) in [5.41, 5.74) is 1.27. The number of benzene rings is 1. The van der Waals surface area contributed by atoms with E-state index in [4.69, 9.17) is 4.74 Å². The minimum atomic E-state index is 0.348. The Morgan fingerprint density at radius 1 is 1.37 bits per heavy atom. The third kappa shape index (κ3) is 3.67. The van der Waals surface area contributed by atoms with E-state index in [2.05, 4.69) is 36.7 Å². The Balaban J connectivity index is 2.05. The highest BCUT2D eigenvalue weighted by Crippen LogP contribution is 2.32. The summed E-state index contributed by atoms with van der Waals surface area (Å²) in [5.74, 6) is 1.02. The van der Waals surface area contributed by atoms with E-state index in [1.54, 1.807) is 0 Å². The lowest BCUT2D eigenvalue weighted by molar-refractivity contribution is 0.330. The molecule has 1 N–H and O–H groups in total. The minimum Gasteiger partial charge on any atom is -0.494 e. The second kappa shape index (κ2) is 7.20. The fourth-order valence-electron chi connectivity index (χ4n) is 2.93. The van der Waals surface area contributed by atoms with Crippen molar-refractivity contribution in [3.8, 4) is 5.75 Å². The molecule has 0 aromatic heterocycles. The molecule has 0 amide bonds. The molecule has 0 saturated heterocycles. The van der Waals surface area contributed by atoms with Crippen molar-refractivity contribution in [3.63, 3.8) is 0 Å². The topological polar surface area (TPSA) is 21.3 Å². The van der Waals surface area contributed by atoms with Crippen LogP contribution in [0.5, 0.6) is 5.75 Å². The van der Waals surface area contributed by atoms with Crippen LogP contribution in [0, 0.1) is 0 Å². The lowest BCUT2D eigenvalue weighted by atomic mass is 10.1. The van der Waals surface area contributed by atoms with Crippen LogP contribution in [-0.4, -0.2) is 24.2 Å². The van der Waals surface area contributed by atoms with E-state index in [0.29, 0.717) is 12.1 Å². The van der Waals surface area contributed by atoms with Gasteiger partial charge in [-0.3, -0.25) is 0 Å². The van der Waals surface area contributed by atoms with Crippen LogP contribution < -0.4 is 10.1 Å². The molecule has 3 heteroatoms.